The van der Waals surface area contributed by atoms with E-state index >= 15 is 0 Å². The van der Waals surface area contributed by atoms with E-state index in [4.69, 9.17) is 4.74 Å². The van der Waals surface area contributed by atoms with Gasteiger partial charge in [0.25, 0.3) is 0 Å². The van der Waals surface area contributed by atoms with Crippen LogP contribution < -0.4 is 34.7 Å². The van der Waals surface area contributed by atoms with E-state index in [1.807, 2.05) is 0 Å². The fourth-order valence-corrected chi connectivity index (χ4v) is 3.85. The Morgan fingerprint density at radius 1 is 1.50 bits per heavy atom. The van der Waals surface area contributed by atoms with E-state index in [9.17, 15) is 14.7 Å². The topological polar surface area (TPSA) is 69.7 Å². The average Bonchev–Trinajstić information content (AvgIpc) is 2.79. The van der Waals surface area contributed by atoms with Gasteiger partial charge in [0.1, 0.15) is 0 Å². The van der Waals surface area contributed by atoms with E-state index in [-0.39, 0.29) is 52.6 Å². The quantitative estimate of drug-likeness (QED) is 0.386. The number of carbonyl (C=O) groups is 2. The molecule has 0 aromatic carbocycles. The van der Waals surface area contributed by atoms with Crippen molar-refractivity contribution in [3.8, 4) is 0 Å². The van der Waals surface area contributed by atoms with Crippen LogP contribution in [0.2, 0.25) is 0 Å². The third-order valence-electron chi connectivity index (χ3n) is 3.39. The first-order chi connectivity index (χ1) is 8.18. The van der Waals surface area contributed by atoms with Gasteiger partial charge in [-0.25, -0.2) is 0 Å². The van der Waals surface area contributed by atoms with Gasteiger partial charge in [-0.15, -0.1) is 11.8 Å². The number of ether oxygens (including phenoxy) is 1. The zero-order valence-corrected chi connectivity index (χ0v) is 13.0. The van der Waals surface area contributed by atoms with Crippen LogP contribution in [0.25, 0.3) is 0 Å². The number of β-lactam (4-membered cyclic amide) rings is 1. The van der Waals surface area contributed by atoms with E-state index in [0.29, 0.717) is 18.8 Å². The SMILES string of the molecule is O=C([O-])C1=C([C@@H]2CCCO2)CSC2CC(=O)N12.[Na+]. The maximum absolute atomic E-state index is 11.5. The third-order valence-corrected chi connectivity index (χ3v) is 4.63. The smallest absolute Gasteiger partial charge is 0.543 e. The minimum absolute atomic E-state index is 0. The van der Waals surface area contributed by atoms with Crippen molar-refractivity contribution in [1.29, 1.82) is 0 Å². The number of rotatable bonds is 2. The molecule has 3 heterocycles. The second kappa shape index (κ2) is 5.54. The summed E-state index contributed by atoms with van der Waals surface area (Å²) in [6, 6.07) is 0. The summed E-state index contributed by atoms with van der Waals surface area (Å²) in [5, 5.41) is 11.2. The zero-order valence-electron chi connectivity index (χ0n) is 10.2. The Morgan fingerprint density at radius 3 is 2.83 bits per heavy atom. The van der Waals surface area contributed by atoms with Crippen LogP contribution in [0.5, 0.6) is 0 Å². The molecule has 0 aromatic heterocycles. The van der Waals surface area contributed by atoms with E-state index in [0.717, 1.165) is 18.4 Å². The van der Waals surface area contributed by atoms with Gasteiger partial charge >= 0.3 is 29.6 Å². The van der Waals surface area contributed by atoms with Crippen LogP contribution in [-0.4, -0.2) is 40.6 Å². The predicted molar refractivity (Wildman–Crippen MR) is 58.7 cm³/mol. The number of nitrogens with zero attached hydrogens (tertiary/aromatic N) is 1. The van der Waals surface area contributed by atoms with E-state index in [2.05, 4.69) is 0 Å². The molecule has 3 rings (SSSR count). The van der Waals surface area contributed by atoms with Crippen LogP contribution in [0.3, 0.4) is 0 Å². The Morgan fingerprint density at radius 2 is 2.28 bits per heavy atom. The molecule has 0 aliphatic carbocycles. The monoisotopic (exact) mass is 277 g/mol. The van der Waals surface area contributed by atoms with E-state index < -0.39 is 5.97 Å². The second-order valence-electron chi connectivity index (χ2n) is 4.40. The summed E-state index contributed by atoms with van der Waals surface area (Å²) in [7, 11) is 0. The molecule has 0 bridgehead atoms. The summed E-state index contributed by atoms with van der Waals surface area (Å²) < 4.78 is 5.52. The van der Waals surface area contributed by atoms with Crippen LogP contribution in [0.4, 0.5) is 0 Å². The van der Waals surface area contributed by atoms with Crippen molar-refractivity contribution in [1.82, 2.24) is 4.90 Å². The van der Waals surface area contributed by atoms with Gasteiger partial charge in [-0.3, -0.25) is 9.69 Å². The van der Waals surface area contributed by atoms with Gasteiger partial charge in [0, 0.05) is 12.4 Å². The molecule has 18 heavy (non-hydrogen) atoms. The van der Waals surface area contributed by atoms with Gasteiger partial charge < -0.3 is 14.6 Å². The van der Waals surface area contributed by atoms with Gasteiger partial charge in [0.05, 0.1) is 29.6 Å². The largest absolute Gasteiger partial charge is 1.00 e. The number of hydrogen-bond donors (Lipinski definition) is 0. The summed E-state index contributed by atoms with van der Waals surface area (Å²) >= 11 is 1.61. The molecule has 92 valence electrons. The summed E-state index contributed by atoms with van der Waals surface area (Å²) in [5.41, 5.74) is 0.786. The first-order valence-electron chi connectivity index (χ1n) is 5.68. The zero-order chi connectivity index (χ0) is 12.0. The number of fused-ring (bicyclic) bond motifs is 1. The Balaban J connectivity index is 0.00000120. The molecule has 0 spiro atoms. The molecule has 1 unspecified atom stereocenters. The first kappa shape index (κ1) is 14.4. The maximum Gasteiger partial charge on any atom is 1.00 e. The van der Waals surface area contributed by atoms with Crippen molar-refractivity contribution in [3.05, 3.63) is 11.3 Å². The van der Waals surface area contributed by atoms with Crippen LogP contribution in [0.15, 0.2) is 11.3 Å². The molecule has 7 heteroatoms. The number of thioether (sulfide) groups is 1. The Kier molecular flexibility index (Phi) is 4.44. The first-order valence-corrected chi connectivity index (χ1v) is 6.73. The van der Waals surface area contributed by atoms with Crippen LogP contribution in [0, 0.1) is 0 Å². The number of carbonyl (C=O) groups excluding carboxylic acids is 2. The summed E-state index contributed by atoms with van der Waals surface area (Å²) in [6.45, 7) is 0.663. The maximum atomic E-state index is 11.5. The Bertz CT molecular complexity index is 419. The number of amides is 1. The predicted octanol–water partition coefficient (Wildman–Crippen LogP) is -3.52. The fourth-order valence-electron chi connectivity index (χ4n) is 2.53. The minimum Gasteiger partial charge on any atom is -0.543 e. The van der Waals surface area contributed by atoms with Crippen molar-refractivity contribution in [2.24, 2.45) is 0 Å². The van der Waals surface area contributed by atoms with Gasteiger partial charge in [-0.2, -0.15) is 0 Å². The molecule has 0 aromatic rings. The molecule has 3 aliphatic heterocycles. The van der Waals surface area contributed by atoms with Crippen LogP contribution >= 0.6 is 11.8 Å². The van der Waals surface area contributed by atoms with E-state index in [1.165, 1.54) is 4.90 Å². The minimum atomic E-state index is -1.26. The van der Waals surface area contributed by atoms with Crippen molar-refractivity contribution in [2.75, 3.05) is 12.4 Å². The Labute approximate surface area is 131 Å². The van der Waals surface area contributed by atoms with Crippen LogP contribution in [-0.2, 0) is 14.3 Å². The average molecular weight is 277 g/mol. The third kappa shape index (κ3) is 2.25. The van der Waals surface area contributed by atoms with Gasteiger partial charge in [-0.05, 0) is 18.4 Å². The fraction of sp³-hybridized carbons (Fsp3) is 0.636. The number of carboxylic acid groups (broad SMARTS) is 1. The van der Waals surface area contributed by atoms with Gasteiger partial charge in [0.2, 0.25) is 5.91 Å². The van der Waals surface area contributed by atoms with Gasteiger partial charge in [0.15, 0.2) is 0 Å². The van der Waals surface area contributed by atoms with E-state index in [1.54, 1.807) is 11.8 Å². The molecular formula is C11H12NNaO4S. The molecule has 0 N–H and O–H groups in total. The van der Waals surface area contributed by atoms with Gasteiger partial charge in [-0.1, -0.05) is 0 Å². The van der Waals surface area contributed by atoms with Crippen molar-refractivity contribution < 1.29 is 49.0 Å². The van der Waals surface area contributed by atoms with Crippen molar-refractivity contribution in [2.45, 2.75) is 30.7 Å². The second-order valence-corrected chi connectivity index (χ2v) is 5.56. The standard InChI is InChI=1S/C11H13NO4S.Na/c13-8-4-9-12(8)10(11(14)15)6(5-17-9)7-2-1-3-16-7;/h7,9H,1-5H2,(H,14,15);/q;+1/p-1/t7-,9?;/m0./s1. The normalized spacial score (nSPS) is 30.7. The summed E-state index contributed by atoms with van der Waals surface area (Å²) in [6.07, 6.45) is 2.06. The summed E-state index contributed by atoms with van der Waals surface area (Å²) in [5.74, 6) is -0.756. The molecule has 2 atom stereocenters. The number of hydrogen-bond acceptors (Lipinski definition) is 5. The summed E-state index contributed by atoms with van der Waals surface area (Å²) in [4.78, 5) is 24.1. The molecule has 5 nitrogen and oxygen atoms in total. The van der Waals surface area contributed by atoms with Crippen molar-refractivity contribution >= 4 is 23.6 Å². The molecule has 2 fully saturated rings. The number of aliphatic carboxylic acids is 1. The number of carboxylic acids is 1. The molecule has 0 saturated carbocycles. The van der Waals surface area contributed by atoms with Crippen LogP contribution in [0.1, 0.15) is 19.3 Å². The van der Waals surface area contributed by atoms with Crippen molar-refractivity contribution in [3.63, 3.8) is 0 Å². The molecule has 1 amide bonds. The molecule has 2 saturated heterocycles. The molecule has 0 radical (unpaired) electrons. The molecular weight excluding hydrogens is 265 g/mol. The molecule has 3 aliphatic rings. The Hall–Kier alpha value is -0.0100.